The van der Waals surface area contributed by atoms with Crippen molar-refractivity contribution in [2.24, 2.45) is 0 Å². The van der Waals surface area contributed by atoms with Gasteiger partial charge in [-0.15, -0.1) is 0 Å². The van der Waals surface area contributed by atoms with Gasteiger partial charge in [0.25, 0.3) is 5.56 Å². The van der Waals surface area contributed by atoms with Crippen molar-refractivity contribution in [2.75, 3.05) is 6.54 Å². The summed E-state index contributed by atoms with van der Waals surface area (Å²) in [4.78, 5) is 26.6. The van der Waals surface area contributed by atoms with E-state index in [2.05, 4.69) is 46.1 Å². The Morgan fingerprint density at radius 3 is 2.76 bits per heavy atom. The van der Waals surface area contributed by atoms with E-state index in [0.29, 0.717) is 18.1 Å². The highest BCUT2D eigenvalue weighted by Gasteiger charge is 2.21. The van der Waals surface area contributed by atoms with Crippen molar-refractivity contribution in [3.63, 3.8) is 0 Å². The molecule has 0 saturated carbocycles. The van der Waals surface area contributed by atoms with E-state index >= 15 is 0 Å². The van der Waals surface area contributed by atoms with Gasteiger partial charge in [-0.1, -0.05) is 35.9 Å². The average molecular weight is 332 g/mol. The van der Waals surface area contributed by atoms with Crippen molar-refractivity contribution in [3.05, 3.63) is 81.4 Å². The van der Waals surface area contributed by atoms with Crippen molar-refractivity contribution in [3.8, 4) is 11.5 Å². The summed E-state index contributed by atoms with van der Waals surface area (Å²) in [6.07, 6.45) is 2.44. The van der Waals surface area contributed by atoms with Gasteiger partial charge in [-0.2, -0.15) is 0 Å². The van der Waals surface area contributed by atoms with Crippen molar-refractivity contribution >= 4 is 0 Å². The molecular weight excluding hydrogens is 312 g/mol. The molecule has 0 radical (unpaired) electrons. The molecular formula is C20H20N4O. The number of nitrogens with zero attached hydrogens (tertiary/aromatic N) is 3. The van der Waals surface area contributed by atoms with E-state index in [0.717, 1.165) is 30.8 Å². The lowest BCUT2D eigenvalue weighted by molar-refractivity contribution is 0.240. The number of hydrogen-bond donors (Lipinski definition) is 1. The lowest BCUT2D eigenvalue weighted by atomic mass is 10.0. The zero-order valence-corrected chi connectivity index (χ0v) is 14.2. The van der Waals surface area contributed by atoms with Crippen LogP contribution in [0.1, 0.15) is 22.4 Å². The summed E-state index contributed by atoms with van der Waals surface area (Å²) in [5, 5.41) is 0. The molecule has 2 aromatic heterocycles. The number of rotatable bonds is 3. The van der Waals surface area contributed by atoms with Gasteiger partial charge in [-0.05, 0) is 31.0 Å². The second kappa shape index (κ2) is 6.61. The molecule has 0 spiro atoms. The maximum absolute atomic E-state index is 12.4. The minimum atomic E-state index is -0.0411. The van der Waals surface area contributed by atoms with Crippen molar-refractivity contribution in [1.82, 2.24) is 19.9 Å². The molecule has 3 aromatic rings. The standard InChI is InChI=1S/C20H20N4O/c1-14-5-7-15(8-6-14)12-24-11-9-16-18(13-24)22-19(23-20(16)25)17-4-2-3-10-21-17/h2-8,10H,9,11-13H2,1H3,(H,22,23,25). The van der Waals surface area contributed by atoms with Gasteiger partial charge in [-0.3, -0.25) is 14.7 Å². The molecule has 4 rings (SSSR count). The van der Waals surface area contributed by atoms with Crippen LogP contribution in [-0.4, -0.2) is 26.4 Å². The number of aryl methyl sites for hydroxylation is 1. The molecule has 0 saturated heterocycles. The number of aromatic nitrogens is 3. The fraction of sp³-hybridized carbons (Fsp3) is 0.250. The van der Waals surface area contributed by atoms with Crippen LogP contribution in [0.4, 0.5) is 0 Å². The Balaban J connectivity index is 1.60. The highest BCUT2D eigenvalue weighted by Crippen LogP contribution is 2.19. The fourth-order valence-electron chi connectivity index (χ4n) is 3.20. The van der Waals surface area contributed by atoms with Gasteiger partial charge >= 0.3 is 0 Å². The monoisotopic (exact) mass is 332 g/mol. The van der Waals surface area contributed by atoms with Crippen LogP contribution in [0.15, 0.2) is 53.5 Å². The topological polar surface area (TPSA) is 61.9 Å². The summed E-state index contributed by atoms with van der Waals surface area (Å²) in [7, 11) is 0. The molecule has 126 valence electrons. The van der Waals surface area contributed by atoms with E-state index in [-0.39, 0.29) is 5.56 Å². The summed E-state index contributed by atoms with van der Waals surface area (Å²) in [6.45, 7) is 4.52. The second-order valence-electron chi connectivity index (χ2n) is 6.50. The highest BCUT2D eigenvalue weighted by molar-refractivity contribution is 5.49. The summed E-state index contributed by atoms with van der Waals surface area (Å²) in [5.74, 6) is 0.543. The van der Waals surface area contributed by atoms with Gasteiger partial charge in [0.15, 0.2) is 5.82 Å². The third-order valence-corrected chi connectivity index (χ3v) is 4.59. The van der Waals surface area contributed by atoms with Crippen LogP contribution in [0.2, 0.25) is 0 Å². The van der Waals surface area contributed by atoms with E-state index in [1.54, 1.807) is 6.20 Å². The Morgan fingerprint density at radius 1 is 1.16 bits per heavy atom. The van der Waals surface area contributed by atoms with E-state index < -0.39 is 0 Å². The van der Waals surface area contributed by atoms with Crippen LogP contribution >= 0.6 is 0 Å². The molecule has 0 atom stereocenters. The normalized spacial score (nSPS) is 14.3. The molecule has 1 N–H and O–H groups in total. The van der Waals surface area contributed by atoms with E-state index in [4.69, 9.17) is 4.98 Å². The quantitative estimate of drug-likeness (QED) is 0.801. The van der Waals surface area contributed by atoms with Crippen LogP contribution in [0.5, 0.6) is 0 Å². The van der Waals surface area contributed by atoms with Gasteiger partial charge < -0.3 is 4.98 Å². The van der Waals surface area contributed by atoms with Gasteiger partial charge in [0, 0.05) is 31.4 Å². The first-order valence-corrected chi connectivity index (χ1v) is 8.50. The van der Waals surface area contributed by atoms with Gasteiger partial charge in [0.2, 0.25) is 0 Å². The van der Waals surface area contributed by atoms with Crippen LogP contribution in [-0.2, 0) is 19.5 Å². The molecule has 0 bridgehead atoms. The third kappa shape index (κ3) is 3.37. The lowest BCUT2D eigenvalue weighted by Gasteiger charge is -2.27. The van der Waals surface area contributed by atoms with Gasteiger partial charge in [0.05, 0.1) is 5.69 Å². The molecule has 0 fully saturated rings. The van der Waals surface area contributed by atoms with Crippen LogP contribution in [0.25, 0.3) is 11.5 Å². The summed E-state index contributed by atoms with van der Waals surface area (Å²) >= 11 is 0. The average Bonchev–Trinajstić information content (AvgIpc) is 2.64. The van der Waals surface area contributed by atoms with Crippen molar-refractivity contribution < 1.29 is 0 Å². The SMILES string of the molecule is Cc1ccc(CN2CCc3c(nc(-c4ccccn4)[nH]c3=O)C2)cc1. The molecule has 0 unspecified atom stereocenters. The number of benzene rings is 1. The van der Waals surface area contributed by atoms with Crippen LogP contribution in [0, 0.1) is 6.92 Å². The molecule has 1 aliphatic heterocycles. The first kappa shape index (κ1) is 15.7. The predicted octanol–water partition coefficient (Wildman–Crippen LogP) is 2.70. The molecule has 1 aliphatic rings. The van der Waals surface area contributed by atoms with Crippen LogP contribution in [0.3, 0.4) is 0 Å². The number of hydrogen-bond acceptors (Lipinski definition) is 4. The summed E-state index contributed by atoms with van der Waals surface area (Å²) in [6, 6.07) is 14.2. The number of H-pyrrole nitrogens is 1. The zero-order valence-electron chi connectivity index (χ0n) is 14.2. The Hall–Kier alpha value is -2.79. The first-order valence-electron chi connectivity index (χ1n) is 8.50. The number of nitrogens with one attached hydrogen (secondary N) is 1. The Morgan fingerprint density at radius 2 is 2.00 bits per heavy atom. The van der Waals surface area contributed by atoms with Gasteiger partial charge in [-0.25, -0.2) is 4.98 Å². The summed E-state index contributed by atoms with van der Waals surface area (Å²) in [5.41, 5.74) is 4.87. The van der Waals surface area contributed by atoms with Gasteiger partial charge in [0.1, 0.15) is 5.69 Å². The zero-order chi connectivity index (χ0) is 17.2. The predicted molar refractivity (Wildman–Crippen MR) is 97.1 cm³/mol. The Bertz CT molecular complexity index is 932. The smallest absolute Gasteiger partial charge is 0.254 e. The molecule has 3 heterocycles. The minimum Gasteiger partial charge on any atom is -0.305 e. The molecule has 5 heteroatoms. The molecule has 25 heavy (non-hydrogen) atoms. The lowest BCUT2D eigenvalue weighted by Crippen LogP contribution is -2.35. The minimum absolute atomic E-state index is 0.0411. The Kier molecular flexibility index (Phi) is 4.15. The van der Waals surface area contributed by atoms with E-state index in [1.807, 2.05) is 18.2 Å². The fourth-order valence-corrected chi connectivity index (χ4v) is 3.20. The molecule has 0 aliphatic carbocycles. The highest BCUT2D eigenvalue weighted by atomic mass is 16.1. The number of pyridine rings is 1. The second-order valence-corrected chi connectivity index (χ2v) is 6.50. The molecule has 1 aromatic carbocycles. The Labute approximate surface area is 146 Å². The van der Waals surface area contributed by atoms with Crippen molar-refractivity contribution in [2.45, 2.75) is 26.4 Å². The van der Waals surface area contributed by atoms with E-state index in [1.165, 1.54) is 11.1 Å². The summed E-state index contributed by atoms with van der Waals surface area (Å²) < 4.78 is 0. The number of aromatic amines is 1. The maximum Gasteiger partial charge on any atom is 0.254 e. The van der Waals surface area contributed by atoms with Crippen molar-refractivity contribution in [1.29, 1.82) is 0 Å². The largest absolute Gasteiger partial charge is 0.305 e. The first-order chi connectivity index (χ1) is 12.2. The van der Waals surface area contributed by atoms with E-state index in [9.17, 15) is 4.79 Å². The molecule has 0 amide bonds. The number of fused-ring (bicyclic) bond motifs is 1. The molecule has 5 nitrogen and oxygen atoms in total. The maximum atomic E-state index is 12.4. The third-order valence-electron chi connectivity index (χ3n) is 4.59. The van der Waals surface area contributed by atoms with Crippen LogP contribution < -0.4 is 5.56 Å².